The van der Waals surface area contributed by atoms with Crippen LogP contribution in [0.3, 0.4) is 0 Å². The third kappa shape index (κ3) is 2.23. The number of thiophene rings is 1. The maximum atomic E-state index is 3.82. The molecule has 1 aromatic carbocycles. The van der Waals surface area contributed by atoms with Gasteiger partial charge in [-0.25, -0.2) is 0 Å². The lowest BCUT2D eigenvalue weighted by atomic mass is 9.98. The Bertz CT molecular complexity index is 499. The summed E-state index contributed by atoms with van der Waals surface area (Å²) >= 11 is 5.59. The highest BCUT2D eigenvalue weighted by atomic mass is 79.9. The molecule has 0 nitrogen and oxygen atoms in total. The van der Waals surface area contributed by atoms with Gasteiger partial charge in [0.2, 0.25) is 0 Å². The Morgan fingerprint density at radius 2 is 1.75 bits per heavy atom. The Kier molecular flexibility index (Phi) is 3.50. The van der Waals surface area contributed by atoms with Crippen molar-refractivity contribution in [1.29, 1.82) is 0 Å². The minimum absolute atomic E-state index is 0.318. The van der Waals surface area contributed by atoms with Gasteiger partial charge in [0.05, 0.1) is 4.83 Å². The number of hydrogen-bond donors (Lipinski definition) is 0. The molecule has 0 amide bonds. The van der Waals surface area contributed by atoms with Crippen LogP contribution in [-0.4, -0.2) is 0 Å². The van der Waals surface area contributed by atoms with E-state index in [0.29, 0.717) is 4.83 Å². The molecule has 0 N–H and O–H groups in total. The molecule has 1 unspecified atom stereocenters. The first-order valence-corrected chi connectivity index (χ1v) is 7.19. The zero-order valence-electron chi connectivity index (χ0n) is 9.75. The molecule has 0 saturated carbocycles. The van der Waals surface area contributed by atoms with Crippen molar-refractivity contribution >= 4 is 27.3 Å². The van der Waals surface area contributed by atoms with Crippen LogP contribution in [-0.2, 0) is 0 Å². The molecule has 1 aromatic heterocycles. The monoisotopic (exact) mass is 294 g/mol. The van der Waals surface area contributed by atoms with Crippen molar-refractivity contribution in [2.75, 3.05) is 0 Å². The average Bonchev–Trinajstić information content (AvgIpc) is 2.67. The SMILES string of the molecule is Cc1ccc(C)c(C(Br)c2cscc2C)c1. The van der Waals surface area contributed by atoms with Gasteiger partial charge in [-0.1, -0.05) is 39.7 Å². The van der Waals surface area contributed by atoms with E-state index >= 15 is 0 Å². The Labute approximate surface area is 109 Å². The van der Waals surface area contributed by atoms with E-state index in [-0.39, 0.29) is 0 Å². The van der Waals surface area contributed by atoms with Crippen LogP contribution in [0, 0.1) is 20.8 Å². The summed E-state index contributed by atoms with van der Waals surface area (Å²) in [7, 11) is 0. The van der Waals surface area contributed by atoms with E-state index in [9.17, 15) is 0 Å². The lowest BCUT2D eigenvalue weighted by molar-refractivity contribution is 1.12. The van der Waals surface area contributed by atoms with Gasteiger partial charge in [0.25, 0.3) is 0 Å². The van der Waals surface area contributed by atoms with Gasteiger partial charge in [-0.3, -0.25) is 0 Å². The molecule has 0 aliphatic rings. The number of halogens is 1. The molecular weight excluding hydrogens is 280 g/mol. The van der Waals surface area contributed by atoms with Crippen LogP contribution in [0.1, 0.15) is 32.6 Å². The molecule has 2 aromatic rings. The summed E-state index contributed by atoms with van der Waals surface area (Å²) < 4.78 is 0. The fraction of sp³-hybridized carbons (Fsp3) is 0.286. The normalized spacial score (nSPS) is 12.8. The van der Waals surface area contributed by atoms with Crippen LogP contribution < -0.4 is 0 Å². The first-order valence-electron chi connectivity index (χ1n) is 5.33. The van der Waals surface area contributed by atoms with Crippen molar-refractivity contribution in [2.45, 2.75) is 25.6 Å². The predicted molar refractivity (Wildman–Crippen MR) is 75.7 cm³/mol. The highest BCUT2D eigenvalue weighted by molar-refractivity contribution is 9.09. The molecule has 1 heterocycles. The van der Waals surface area contributed by atoms with Crippen LogP contribution >= 0.6 is 27.3 Å². The summed E-state index contributed by atoms with van der Waals surface area (Å²) in [5.74, 6) is 0. The second kappa shape index (κ2) is 4.72. The minimum atomic E-state index is 0.318. The number of alkyl halides is 1. The van der Waals surface area contributed by atoms with Gasteiger partial charge in [0.1, 0.15) is 0 Å². The van der Waals surface area contributed by atoms with Crippen molar-refractivity contribution in [3.63, 3.8) is 0 Å². The third-order valence-electron chi connectivity index (χ3n) is 2.88. The summed E-state index contributed by atoms with van der Waals surface area (Å²) in [4.78, 5) is 0.318. The zero-order chi connectivity index (χ0) is 11.7. The molecule has 0 aliphatic heterocycles. The second-order valence-electron chi connectivity index (χ2n) is 4.23. The van der Waals surface area contributed by atoms with Gasteiger partial charge in [-0.2, -0.15) is 11.3 Å². The van der Waals surface area contributed by atoms with Crippen molar-refractivity contribution in [3.05, 3.63) is 56.8 Å². The van der Waals surface area contributed by atoms with Crippen molar-refractivity contribution in [2.24, 2.45) is 0 Å². The van der Waals surface area contributed by atoms with E-state index in [2.05, 4.69) is 65.7 Å². The van der Waals surface area contributed by atoms with Gasteiger partial charge in [0.15, 0.2) is 0 Å². The molecule has 2 rings (SSSR count). The summed E-state index contributed by atoms with van der Waals surface area (Å²) in [6.45, 7) is 6.49. The molecule has 0 bridgehead atoms. The maximum Gasteiger partial charge on any atom is 0.0657 e. The smallest absolute Gasteiger partial charge is 0.0657 e. The zero-order valence-corrected chi connectivity index (χ0v) is 12.2. The molecule has 0 fully saturated rings. The minimum Gasteiger partial charge on any atom is -0.152 e. The van der Waals surface area contributed by atoms with E-state index in [4.69, 9.17) is 0 Å². The Morgan fingerprint density at radius 1 is 1.00 bits per heavy atom. The lowest BCUT2D eigenvalue weighted by Gasteiger charge is -2.14. The van der Waals surface area contributed by atoms with Gasteiger partial charge in [-0.05, 0) is 53.8 Å². The van der Waals surface area contributed by atoms with Crippen molar-refractivity contribution < 1.29 is 0 Å². The third-order valence-corrected chi connectivity index (χ3v) is 4.74. The van der Waals surface area contributed by atoms with Crippen LogP contribution in [0.2, 0.25) is 0 Å². The number of benzene rings is 1. The predicted octanol–water partition coefficient (Wildman–Crippen LogP) is 5.16. The molecule has 1 atom stereocenters. The molecular formula is C14H15BrS. The molecule has 84 valence electrons. The fourth-order valence-electron chi connectivity index (χ4n) is 1.83. The van der Waals surface area contributed by atoms with E-state index in [1.807, 2.05) is 0 Å². The fourth-order valence-corrected chi connectivity index (χ4v) is 3.87. The average molecular weight is 295 g/mol. The number of rotatable bonds is 2. The molecule has 0 saturated heterocycles. The molecule has 0 aliphatic carbocycles. The quantitative estimate of drug-likeness (QED) is 0.671. The van der Waals surface area contributed by atoms with Gasteiger partial charge in [-0.15, -0.1) is 0 Å². The number of hydrogen-bond acceptors (Lipinski definition) is 1. The van der Waals surface area contributed by atoms with E-state index in [0.717, 1.165) is 0 Å². The Hall–Kier alpha value is -0.600. The second-order valence-corrected chi connectivity index (χ2v) is 5.89. The summed E-state index contributed by atoms with van der Waals surface area (Å²) in [6, 6.07) is 6.63. The first-order chi connectivity index (χ1) is 7.59. The lowest BCUT2D eigenvalue weighted by Crippen LogP contribution is -1.96. The first kappa shape index (κ1) is 11.9. The Morgan fingerprint density at radius 3 is 2.38 bits per heavy atom. The summed E-state index contributed by atoms with van der Waals surface area (Å²) in [5, 5.41) is 4.44. The number of aryl methyl sites for hydroxylation is 3. The molecule has 2 heteroatoms. The van der Waals surface area contributed by atoms with E-state index in [1.165, 1.54) is 27.8 Å². The van der Waals surface area contributed by atoms with E-state index in [1.54, 1.807) is 11.3 Å². The maximum absolute atomic E-state index is 3.82. The van der Waals surface area contributed by atoms with Gasteiger partial charge in [0, 0.05) is 0 Å². The van der Waals surface area contributed by atoms with Gasteiger partial charge < -0.3 is 0 Å². The van der Waals surface area contributed by atoms with E-state index < -0.39 is 0 Å². The highest BCUT2D eigenvalue weighted by Crippen LogP contribution is 2.36. The van der Waals surface area contributed by atoms with Crippen LogP contribution in [0.25, 0.3) is 0 Å². The summed E-state index contributed by atoms with van der Waals surface area (Å²) in [6.07, 6.45) is 0. The van der Waals surface area contributed by atoms with Gasteiger partial charge >= 0.3 is 0 Å². The highest BCUT2D eigenvalue weighted by Gasteiger charge is 2.15. The van der Waals surface area contributed by atoms with Crippen LogP contribution in [0.15, 0.2) is 29.0 Å². The topological polar surface area (TPSA) is 0 Å². The molecule has 0 radical (unpaired) electrons. The Balaban J connectivity index is 2.45. The van der Waals surface area contributed by atoms with Crippen molar-refractivity contribution in [3.8, 4) is 0 Å². The molecule has 16 heavy (non-hydrogen) atoms. The van der Waals surface area contributed by atoms with Crippen LogP contribution in [0.5, 0.6) is 0 Å². The van der Waals surface area contributed by atoms with Crippen molar-refractivity contribution in [1.82, 2.24) is 0 Å². The van der Waals surface area contributed by atoms with Crippen LogP contribution in [0.4, 0.5) is 0 Å². The standard InChI is InChI=1S/C14H15BrS/c1-9-4-5-10(2)12(6-9)14(15)13-8-16-7-11(13)3/h4-8,14H,1-3H3. The molecule has 0 spiro atoms. The summed E-state index contributed by atoms with van der Waals surface area (Å²) in [5.41, 5.74) is 6.80. The largest absolute Gasteiger partial charge is 0.152 e.